The Bertz CT molecular complexity index is 1190. The van der Waals surface area contributed by atoms with E-state index in [4.69, 9.17) is 27.1 Å². The van der Waals surface area contributed by atoms with Crippen LogP contribution in [0.4, 0.5) is 0 Å². The number of rotatable bonds is 9. The van der Waals surface area contributed by atoms with Crippen LogP contribution in [0.1, 0.15) is 64.8 Å². The van der Waals surface area contributed by atoms with E-state index in [0.29, 0.717) is 22.8 Å². The van der Waals surface area contributed by atoms with Crippen molar-refractivity contribution in [2.24, 2.45) is 5.73 Å². The number of unbranched alkanes of at least 4 members (excludes halogenated alkanes) is 1. The average Bonchev–Trinajstić information content (AvgIpc) is 3.42. The summed E-state index contributed by atoms with van der Waals surface area (Å²) in [4.78, 5) is 5.01. The van der Waals surface area contributed by atoms with Crippen LogP contribution in [-0.2, 0) is 11.3 Å². The Labute approximate surface area is 210 Å². The molecular weight excluding hydrogens is 498 g/mol. The van der Waals surface area contributed by atoms with Crippen molar-refractivity contribution in [3.8, 4) is 0 Å². The van der Waals surface area contributed by atoms with E-state index < -0.39 is 0 Å². The number of hydrogen-bond donors (Lipinski definition) is 1. The third-order valence-electron chi connectivity index (χ3n) is 5.69. The lowest BCUT2D eigenvalue weighted by atomic mass is 10.2. The van der Waals surface area contributed by atoms with E-state index in [0.717, 1.165) is 46.9 Å². The van der Waals surface area contributed by atoms with Gasteiger partial charge in [-0.05, 0) is 51.7 Å². The minimum absolute atomic E-state index is 0.187. The van der Waals surface area contributed by atoms with Gasteiger partial charge in [0.05, 0.1) is 10.4 Å². The first kappa shape index (κ1) is 25.4. The largest absolute Gasteiger partial charge is 0.471 e. The average molecular weight is 531 g/mol. The molecule has 0 spiro atoms. The van der Waals surface area contributed by atoms with Gasteiger partial charge in [0.1, 0.15) is 16.8 Å². The molecule has 1 aromatic heterocycles. The molecule has 33 heavy (non-hydrogen) atoms. The first-order chi connectivity index (χ1) is 15.8. The van der Waals surface area contributed by atoms with E-state index in [1.54, 1.807) is 0 Å². The summed E-state index contributed by atoms with van der Waals surface area (Å²) in [5.41, 5.74) is 8.33. The van der Waals surface area contributed by atoms with Crippen LogP contribution in [-0.4, -0.2) is 15.2 Å². The Morgan fingerprint density at radius 2 is 1.94 bits per heavy atom. The SMILES string of the molecule is C\C=C(/C(Cl)=C\C(Br)=C/C)c1nc(=C(/N)OC2(C)CC2)/c(=C/CCC)n1Cc1ccccc1. The first-order valence-electron chi connectivity index (χ1n) is 11.5. The van der Waals surface area contributed by atoms with Gasteiger partial charge < -0.3 is 15.0 Å². The zero-order valence-corrected chi connectivity index (χ0v) is 22.2. The first-order valence-corrected chi connectivity index (χ1v) is 12.6. The van der Waals surface area contributed by atoms with Crippen molar-refractivity contribution in [1.29, 1.82) is 0 Å². The van der Waals surface area contributed by atoms with E-state index in [1.807, 2.05) is 50.3 Å². The molecule has 0 amide bonds. The standard InChI is InChI=1S/C27H33BrClN3O/c1-5-8-14-23-24(25(30)33-27(4)15-16-27)31-26(21(7-3)22(29)17-20(28)6-2)32(23)18-19-12-10-9-11-13-19/h6-7,9-14,17H,5,8,15-16,18,30H2,1-4H3/b20-6+,21-7+,22-17+,23-14-,25-24-. The zero-order valence-electron chi connectivity index (χ0n) is 19.9. The highest BCUT2D eigenvalue weighted by atomic mass is 79.9. The molecule has 2 aromatic rings. The number of aromatic nitrogens is 2. The molecule has 2 N–H and O–H groups in total. The smallest absolute Gasteiger partial charge is 0.213 e. The Morgan fingerprint density at radius 3 is 2.52 bits per heavy atom. The van der Waals surface area contributed by atoms with Crippen LogP contribution in [0.25, 0.3) is 17.5 Å². The van der Waals surface area contributed by atoms with E-state index in [1.165, 1.54) is 5.56 Å². The van der Waals surface area contributed by atoms with Crippen molar-refractivity contribution in [2.45, 2.75) is 65.5 Å². The van der Waals surface area contributed by atoms with Crippen LogP contribution >= 0.6 is 27.5 Å². The zero-order chi connectivity index (χ0) is 24.0. The van der Waals surface area contributed by atoms with Crippen molar-refractivity contribution in [2.75, 3.05) is 0 Å². The van der Waals surface area contributed by atoms with Crippen LogP contribution in [0.3, 0.4) is 0 Å². The van der Waals surface area contributed by atoms with Crippen molar-refractivity contribution in [3.05, 3.63) is 80.2 Å². The lowest BCUT2D eigenvalue weighted by Crippen LogP contribution is -2.36. The maximum absolute atomic E-state index is 6.78. The number of ether oxygens (including phenoxy) is 1. The molecule has 0 atom stereocenters. The minimum atomic E-state index is -0.187. The van der Waals surface area contributed by atoms with Crippen LogP contribution in [0.5, 0.6) is 0 Å². The maximum Gasteiger partial charge on any atom is 0.213 e. The summed E-state index contributed by atoms with van der Waals surface area (Å²) in [5.74, 6) is 1.14. The third-order valence-corrected chi connectivity index (χ3v) is 6.69. The van der Waals surface area contributed by atoms with Gasteiger partial charge in [-0.3, -0.25) is 0 Å². The number of imidazole rings is 1. The summed E-state index contributed by atoms with van der Waals surface area (Å²) >= 11 is 10.3. The van der Waals surface area contributed by atoms with Gasteiger partial charge in [0.15, 0.2) is 0 Å². The fourth-order valence-electron chi connectivity index (χ4n) is 3.51. The highest BCUT2D eigenvalue weighted by Gasteiger charge is 2.40. The summed E-state index contributed by atoms with van der Waals surface area (Å²) in [6, 6.07) is 10.4. The second kappa shape index (κ2) is 11.3. The quantitative estimate of drug-likeness (QED) is 0.409. The molecule has 3 rings (SSSR count). The van der Waals surface area contributed by atoms with Gasteiger partial charge in [-0.2, -0.15) is 0 Å². The van der Waals surface area contributed by atoms with Crippen molar-refractivity contribution >= 4 is 45.1 Å². The van der Waals surface area contributed by atoms with E-state index in [2.05, 4.69) is 52.6 Å². The van der Waals surface area contributed by atoms with Gasteiger partial charge in [-0.15, -0.1) is 0 Å². The predicted octanol–water partition coefficient (Wildman–Crippen LogP) is 5.93. The molecule has 0 saturated heterocycles. The number of nitrogens with two attached hydrogens (primary N) is 1. The Morgan fingerprint density at radius 1 is 1.24 bits per heavy atom. The van der Waals surface area contributed by atoms with Crippen molar-refractivity contribution in [3.63, 3.8) is 0 Å². The van der Waals surface area contributed by atoms with Gasteiger partial charge in [-0.25, -0.2) is 4.98 Å². The van der Waals surface area contributed by atoms with Crippen molar-refractivity contribution in [1.82, 2.24) is 9.55 Å². The summed E-state index contributed by atoms with van der Waals surface area (Å²) in [5, 5.41) is 2.24. The van der Waals surface area contributed by atoms with Gasteiger partial charge >= 0.3 is 0 Å². The number of allylic oxidation sites excluding steroid dienone is 6. The molecule has 0 bridgehead atoms. The van der Waals surface area contributed by atoms with Gasteiger partial charge in [0.25, 0.3) is 0 Å². The molecule has 6 heteroatoms. The Balaban J connectivity index is 2.28. The monoisotopic (exact) mass is 529 g/mol. The molecule has 1 aromatic carbocycles. The molecule has 1 saturated carbocycles. The summed E-state index contributed by atoms with van der Waals surface area (Å²) in [7, 11) is 0. The molecular formula is C27H33BrClN3O. The second-order valence-electron chi connectivity index (χ2n) is 8.52. The van der Waals surface area contributed by atoms with E-state index in [9.17, 15) is 0 Å². The molecule has 0 radical (unpaired) electrons. The fraction of sp³-hybridized carbons (Fsp3) is 0.370. The molecule has 1 aliphatic rings. The molecule has 0 aliphatic heterocycles. The number of nitrogens with zero attached hydrogens (tertiary/aromatic N) is 2. The lowest BCUT2D eigenvalue weighted by Gasteiger charge is -2.12. The topological polar surface area (TPSA) is 53.1 Å². The lowest BCUT2D eigenvalue weighted by molar-refractivity contribution is 0.155. The molecule has 1 heterocycles. The summed E-state index contributed by atoms with van der Waals surface area (Å²) in [6.45, 7) is 8.83. The second-order valence-corrected chi connectivity index (χ2v) is 9.84. The third kappa shape index (κ3) is 6.42. The van der Waals surface area contributed by atoms with Crippen LogP contribution in [0.2, 0.25) is 0 Å². The molecule has 0 unspecified atom stereocenters. The van der Waals surface area contributed by atoms with Crippen LogP contribution < -0.4 is 16.4 Å². The highest BCUT2D eigenvalue weighted by molar-refractivity contribution is 9.11. The van der Waals surface area contributed by atoms with Crippen molar-refractivity contribution < 1.29 is 4.74 Å². The molecule has 1 fully saturated rings. The molecule has 1 aliphatic carbocycles. The van der Waals surface area contributed by atoms with E-state index in [-0.39, 0.29) is 5.60 Å². The fourth-order valence-corrected chi connectivity index (χ4v) is 4.19. The number of benzene rings is 1. The van der Waals surface area contributed by atoms with Crippen LogP contribution in [0, 0.1) is 0 Å². The highest BCUT2D eigenvalue weighted by Crippen LogP contribution is 2.39. The van der Waals surface area contributed by atoms with E-state index >= 15 is 0 Å². The van der Waals surface area contributed by atoms with Gasteiger partial charge in [0, 0.05) is 16.6 Å². The minimum Gasteiger partial charge on any atom is -0.471 e. The normalized spacial score (nSPS) is 17.9. The van der Waals surface area contributed by atoms with Crippen LogP contribution in [0.15, 0.2) is 58.1 Å². The van der Waals surface area contributed by atoms with Gasteiger partial charge in [-0.1, -0.05) is 89.4 Å². The Hall–Kier alpha value is -2.24. The van der Waals surface area contributed by atoms with Gasteiger partial charge in [0.2, 0.25) is 5.88 Å². The predicted molar refractivity (Wildman–Crippen MR) is 143 cm³/mol. The maximum atomic E-state index is 6.78. The number of halogens is 2. The molecule has 4 nitrogen and oxygen atoms in total. The Kier molecular flexibility index (Phi) is 8.66. The molecule has 176 valence electrons. The summed E-state index contributed by atoms with van der Waals surface area (Å²) in [6.07, 6.45) is 12.0. The summed E-state index contributed by atoms with van der Waals surface area (Å²) < 4.78 is 9.24. The number of hydrogen-bond acceptors (Lipinski definition) is 3.